The molecular weight excluding hydrogens is 371 g/mol. The summed E-state index contributed by atoms with van der Waals surface area (Å²) in [7, 11) is -3.92. The Labute approximate surface area is 156 Å². The predicted octanol–water partition coefficient (Wildman–Crippen LogP) is 2.60. The number of nitrogens with two attached hydrogens (primary N) is 1. The van der Waals surface area contributed by atoms with Gasteiger partial charge >= 0.3 is 13.6 Å². The average Bonchev–Trinajstić information content (AvgIpc) is 2.62. The fourth-order valence-electron chi connectivity index (χ4n) is 2.11. The van der Waals surface area contributed by atoms with Gasteiger partial charge < -0.3 is 25.2 Å². The van der Waals surface area contributed by atoms with Crippen LogP contribution in [-0.4, -0.2) is 28.8 Å². The third-order valence-electron chi connectivity index (χ3n) is 3.51. The quantitative estimate of drug-likeness (QED) is 0.560. The van der Waals surface area contributed by atoms with Crippen LogP contribution in [0.25, 0.3) is 0 Å². The minimum Gasteiger partial charge on any atom is -0.481 e. The number of nitrogens with one attached hydrogen (secondary N) is 1. The number of rotatable bonds is 9. The number of carbonyl (C=O) groups is 2. The van der Waals surface area contributed by atoms with Crippen molar-refractivity contribution >= 4 is 19.5 Å². The molecule has 4 N–H and O–H groups in total. The van der Waals surface area contributed by atoms with E-state index >= 15 is 0 Å². The van der Waals surface area contributed by atoms with Crippen LogP contribution in [0.5, 0.6) is 11.5 Å². The Balaban J connectivity index is 2.21. The van der Waals surface area contributed by atoms with Gasteiger partial charge in [-0.2, -0.15) is 0 Å². The van der Waals surface area contributed by atoms with E-state index in [2.05, 4.69) is 5.32 Å². The van der Waals surface area contributed by atoms with E-state index in [1.165, 1.54) is 6.92 Å². The summed E-state index contributed by atoms with van der Waals surface area (Å²) in [5, 5.41) is 11.2. The summed E-state index contributed by atoms with van der Waals surface area (Å²) >= 11 is 0. The van der Waals surface area contributed by atoms with Crippen LogP contribution in [0.1, 0.15) is 13.3 Å². The largest absolute Gasteiger partial charge is 0.481 e. The lowest BCUT2D eigenvalue weighted by Crippen LogP contribution is -2.46. The maximum absolute atomic E-state index is 13.4. The fourth-order valence-corrected chi connectivity index (χ4v) is 3.58. The summed E-state index contributed by atoms with van der Waals surface area (Å²) in [5.41, 5.74) is 5.55. The van der Waals surface area contributed by atoms with E-state index in [-0.39, 0.29) is 0 Å². The zero-order chi connectivity index (χ0) is 19.9. The second kappa shape index (κ2) is 9.21. The van der Waals surface area contributed by atoms with E-state index in [1.54, 1.807) is 60.7 Å². The Morgan fingerprint density at radius 3 is 1.89 bits per heavy atom. The van der Waals surface area contributed by atoms with Crippen LogP contribution in [0, 0.1) is 0 Å². The van der Waals surface area contributed by atoms with Crippen molar-refractivity contribution in [1.82, 2.24) is 5.32 Å². The van der Waals surface area contributed by atoms with Gasteiger partial charge in [0.1, 0.15) is 11.5 Å². The van der Waals surface area contributed by atoms with Gasteiger partial charge in [-0.3, -0.25) is 9.59 Å². The summed E-state index contributed by atoms with van der Waals surface area (Å²) < 4.78 is 24.6. The van der Waals surface area contributed by atoms with E-state index in [9.17, 15) is 14.2 Å². The molecule has 2 atom stereocenters. The molecule has 0 saturated carbocycles. The molecule has 0 aliphatic heterocycles. The molecule has 2 aromatic rings. The van der Waals surface area contributed by atoms with Crippen molar-refractivity contribution in [3.63, 3.8) is 0 Å². The van der Waals surface area contributed by atoms with Crippen LogP contribution in [0.2, 0.25) is 0 Å². The first-order valence-corrected chi connectivity index (χ1v) is 9.78. The molecule has 0 aliphatic rings. The highest BCUT2D eigenvalue weighted by atomic mass is 31.2. The number of amides is 1. The van der Waals surface area contributed by atoms with Gasteiger partial charge in [-0.1, -0.05) is 36.4 Å². The zero-order valence-corrected chi connectivity index (χ0v) is 15.5. The molecule has 0 radical (unpaired) electrons. The van der Waals surface area contributed by atoms with Gasteiger partial charge in [-0.25, -0.2) is 4.57 Å². The van der Waals surface area contributed by atoms with Crippen molar-refractivity contribution in [2.24, 2.45) is 5.73 Å². The molecule has 8 nitrogen and oxygen atoms in total. The van der Waals surface area contributed by atoms with Crippen LogP contribution in [0.4, 0.5) is 0 Å². The van der Waals surface area contributed by atoms with Crippen LogP contribution < -0.4 is 20.1 Å². The van der Waals surface area contributed by atoms with Gasteiger partial charge in [-0.15, -0.1) is 0 Å². The van der Waals surface area contributed by atoms with Gasteiger partial charge in [-0.05, 0) is 31.2 Å². The average molecular weight is 392 g/mol. The molecule has 2 aromatic carbocycles. The molecule has 0 aromatic heterocycles. The number of benzene rings is 2. The molecule has 9 heteroatoms. The maximum Gasteiger partial charge on any atom is 0.452 e. The minimum atomic E-state index is -3.92. The molecule has 2 rings (SSSR count). The minimum absolute atomic E-state index is 0.299. The summed E-state index contributed by atoms with van der Waals surface area (Å²) in [5.74, 6) is -2.46. The SMILES string of the molecule is CC(NC(=O)[C@@H](N)CC(=O)O)P(=O)(Oc1ccccc1)Oc1ccccc1. The fraction of sp³-hybridized carbons (Fsp3) is 0.222. The van der Waals surface area contributed by atoms with E-state index in [0.717, 1.165) is 0 Å². The van der Waals surface area contributed by atoms with Gasteiger partial charge in [0.05, 0.1) is 12.5 Å². The molecular formula is C18H21N2O6P. The highest BCUT2D eigenvalue weighted by molar-refractivity contribution is 7.55. The lowest BCUT2D eigenvalue weighted by Gasteiger charge is -2.26. The molecule has 144 valence electrons. The van der Waals surface area contributed by atoms with Crippen LogP contribution in [-0.2, 0) is 14.2 Å². The number of hydrogen-bond acceptors (Lipinski definition) is 6. The highest BCUT2D eigenvalue weighted by Crippen LogP contribution is 2.51. The molecule has 0 heterocycles. The molecule has 27 heavy (non-hydrogen) atoms. The monoisotopic (exact) mass is 392 g/mol. The summed E-state index contributed by atoms with van der Waals surface area (Å²) in [4.78, 5) is 22.8. The number of carboxylic acids is 1. The Hall–Kier alpha value is -2.83. The Morgan fingerprint density at radius 2 is 1.48 bits per heavy atom. The van der Waals surface area contributed by atoms with Crippen molar-refractivity contribution < 1.29 is 28.3 Å². The van der Waals surface area contributed by atoms with Crippen LogP contribution in [0.3, 0.4) is 0 Å². The van der Waals surface area contributed by atoms with Crippen molar-refractivity contribution in [3.05, 3.63) is 60.7 Å². The molecule has 1 amide bonds. The smallest absolute Gasteiger partial charge is 0.452 e. The second-order valence-electron chi connectivity index (χ2n) is 5.74. The Morgan fingerprint density at radius 1 is 1.04 bits per heavy atom. The molecule has 0 bridgehead atoms. The molecule has 0 fully saturated rings. The van der Waals surface area contributed by atoms with E-state index < -0.39 is 37.7 Å². The first kappa shape index (κ1) is 20.5. The van der Waals surface area contributed by atoms with Gasteiger partial charge in [0.2, 0.25) is 5.91 Å². The second-order valence-corrected chi connectivity index (χ2v) is 7.96. The van der Waals surface area contributed by atoms with Crippen LogP contribution in [0.15, 0.2) is 60.7 Å². The molecule has 1 unspecified atom stereocenters. The number of carboxylic acid groups (broad SMARTS) is 1. The van der Waals surface area contributed by atoms with Gasteiger partial charge in [0.15, 0.2) is 5.78 Å². The lowest BCUT2D eigenvalue weighted by atomic mass is 10.2. The van der Waals surface area contributed by atoms with Crippen molar-refractivity contribution in [1.29, 1.82) is 0 Å². The number of carbonyl (C=O) groups excluding carboxylic acids is 1. The predicted molar refractivity (Wildman–Crippen MR) is 99.6 cm³/mol. The van der Waals surface area contributed by atoms with Gasteiger partial charge in [0, 0.05) is 0 Å². The van der Waals surface area contributed by atoms with Gasteiger partial charge in [0.25, 0.3) is 0 Å². The third kappa shape index (κ3) is 6.13. The number of para-hydroxylation sites is 2. The molecule has 0 spiro atoms. The topological polar surface area (TPSA) is 128 Å². The Bertz CT molecular complexity index is 770. The third-order valence-corrected chi connectivity index (χ3v) is 5.52. The highest BCUT2D eigenvalue weighted by Gasteiger charge is 2.38. The summed E-state index contributed by atoms with van der Waals surface area (Å²) in [6, 6.07) is 15.5. The first-order valence-electron chi connectivity index (χ1n) is 8.17. The summed E-state index contributed by atoms with van der Waals surface area (Å²) in [6.07, 6.45) is -0.554. The van der Waals surface area contributed by atoms with Crippen molar-refractivity contribution in [2.75, 3.05) is 0 Å². The number of hydrogen-bond donors (Lipinski definition) is 3. The van der Waals surface area contributed by atoms with Crippen molar-refractivity contribution in [2.45, 2.75) is 25.2 Å². The lowest BCUT2D eigenvalue weighted by molar-refractivity contribution is -0.139. The summed E-state index contributed by atoms with van der Waals surface area (Å²) in [6.45, 7) is 1.44. The van der Waals surface area contributed by atoms with Crippen LogP contribution >= 0.6 is 7.60 Å². The van der Waals surface area contributed by atoms with E-state index in [0.29, 0.717) is 11.5 Å². The van der Waals surface area contributed by atoms with E-state index in [1.807, 2.05) is 0 Å². The normalized spacial score (nSPS) is 13.3. The maximum atomic E-state index is 13.4. The van der Waals surface area contributed by atoms with Crippen molar-refractivity contribution in [3.8, 4) is 11.5 Å². The first-order chi connectivity index (χ1) is 12.8. The standard InChI is InChI=1S/C18H21N2O6P/c1-13(20-18(23)16(19)12-17(21)22)27(24,25-14-8-4-2-5-9-14)26-15-10-6-3-7-11-15/h2-11,13,16H,12,19H2,1H3,(H,20,23)(H,21,22)/t13?,16-/m0/s1. The number of aliphatic carboxylic acids is 1. The van der Waals surface area contributed by atoms with E-state index in [4.69, 9.17) is 19.9 Å². The molecule has 0 aliphatic carbocycles. The zero-order valence-electron chi connectivity index (χ0n) is 14.6. The Kier molecular flexibility index (Phi) is 6.98. The molecule has 0 saturated heterocycles.